The quantitative estimate of drug-likeness (QED) is 0.548. The first-order chi connectivity index (χ1) is 15.6. The van der Waals surface area contributed by atoms with Crippen LogP contribution in [0.3, 0.4) is 0 Å². The van der Waals surface area contributed by atoms with E-state index in [1.54, 1.807) is 0 Å². The monoisotopic (exact) mass is 430 g/mol. The molecule has 0 radical (unpaired) electrons. The maximum absolute atomic E-state index is 12.1. The van der Waals surface area contributed by atoms with Crippen molar-refractivity contribution in [1.82, 2.24) is 9.80 Å². The second-order valence-electron chi connectivity index (χ2n) is 8.23. The number of hydrogen-bond acceptors (Lipinski definition) is 3. The fraction of sp³-hybridized carbons (Fsp3) is 0.370. The van der Waals surface area contributed by atoms with Gasteiger partial charge in [0, 0.05) is 49.1 Å². The van der Waals surface area contributed by atoms with Gasteiger partial charge in [0.15, 0.2) is 0 Å². The van der Waals surface area contributed by atoms with E-state index in [1.165, 1.54) is 0 Å². The van der Waals surface area contributed by atoms with E-state index in [1.807, 2.05) is 70.5 Å². The highest BCUT2D eigenvalue weighted by Crippen LogP contribution is 2.18. The third kappa shape index (κ3) is 6.31. The number of hydrogen-bond donors (Lipinski definition) is 0. The summed E-state index contributed by atoms with van der Waals surface area (Å²) < 4.78 is 0. The van der Waals surface area contributed by atoms with E-state index in [9.17, 15) is 14.4 Å². The van der Waals surface area contributed by atoms with Gasteiger partial charge in [-0.3, -0.25) is 9.59 Å². The van der Waals surface area contributed by atoms with Gasteiger partial charge in [0.1, 0.15) is 6.29 Å². The van der Waals surface area contributed by atoms with Crippen LogP contribution in [0.15, 0.2) is 60.7 Å². The van der Waals surface area contributed by atoms with Crippen LogP contribution in [0.1, 0.15) is 46.4 Å². The second kappa shape index (κ2) is 11.9. The zero-order valence-corrected chi connectivity index (χ0v) is 18.4. The number of piperidine rings is 2. The fourth-order valence-electron chi connectivity index (χ4n) is 4.01. The first kappa shape index (κ1) is 23.3. The molecule has 2 saturated heterocycles. The molecule has 0 spiro atoms. The highest BCUT2D eigenvalue weighted by Gasteiger charge is 2.23. The van der Waals surface area contributed by atoms with Crippen molar-refractivity contribution in [3.8, 4) is 12.3 Å². The molecule has 0 atom stereocenters. The van der Waals surface area contributed by atoms with Gasteiger partial charge in [-0.15, -0.1) is 12.3 Å². The lowest BCUT2D eigenvalue weighted by atomic mass is 9.97. The van der Waals surface area contributed by atoms with E-state index in [0.717, 1.165) is 56.2 Å². The van der Waals surface area contributed by atoms with Gasteiger partial charge in [-0.25, -0.2) is 0 Å². The van der Waals surface area contributed by atoms with Crippen LogP contribution in [0, 0.1) is 24.2 Å². The number of likely N-dealkylation sites (tertiary alicyclic amines) is 2. The summed E-state index contributed by atoms with van der Waals surface area (Å²) in [6.45, 7) is 2.94. The zero-order chi connectivity index (χ0) is 22.8. The van der Waals surface area contributed by atoms with Crippen LogP contribution >= 0.6 is 0 Å². The molecular weight excluding hydrogens is 400 g/mol. The molecule has 2 amide bonds. The Morgan fingerprint density at radius 2 is 1.16 bits per heavy atom. The summed E-state index contributed by atoms with van der Waals surface area (Å²) in [5.41, 5.74) is 1.49. The SMILES string of the molecule is C#CC1CCN(C(=O)c2ccccc2)CC1.O=CC1CCN(C(=O)c2ccccc2)CC1. The van der Waals surface area contributed by atoms with Gasteiger partial charge in [0.05, 0.1) is 0 Å². The van der Waals surface area contributed by atoms with Crippen LogP contribution in [0.5, 0.6) is 0 Å². The van der Waals surface area contributed by atoms with Gasteiger partial charge in [0.25, 0.3) is 11.8 Å². The van der Waals surface area contributed by atoms with Crippen molar-refractivity contribution < 1.29 is 14.4 Å². The molecule has 0 aliphatic carbocycles. The molecule has 0 aromatic heterocycles. The fourth-order valence-corrected chi connectivity index (χ4v) is 4.01. The minimum absolute atomic E-state index is 0.0740. The van der Waals surface area contributed by atoms with Crippen molar-refractivity contribution in [1.29, 1.82) is 0 Å². The predicted molar refractivity (Wildman–Crippen MR) is 125 cm³/mol. The Hall–Kier alpha value is -3.39. The topological polar surface area (TPSA) is 57.7 Å². The lowest BCUT2D eigenvalue weighted by molar-refractivity contribution is -0.112. The minimum atomic E-state index is 0.0740. The summed E-state index contributed by atoms with van der Waals surface area (Å²) in [5.74, 6) is 3.45. The van der Waals surface area contributed by atoms with E-state index < -0.39 is 0 Å². The molecule has 0 N–H and O–H groups in total. The summed E-state index contributed by atoms with van der Waals surface area (Å²) in [4.78, 5) is 38.4. The molecule has 4 rings (SSSR count). The van der Waals surface area contributed by atoms with Gasteiger partial charge < -0.3 is 14.6 Å². The number of carbonyl (C=O) groups is 3. The highest BCUT2D eigenvalue weighted by molar-refractivity contribution is 5.94. The molecule has 2 heterocycles. The maximum atomic E-state index is 12.1. The van der Waals surface area contributed by atoms with Crippen molar-refractivity contribution in [3.05, 3.63) is 71.8 Å². The number of amides is 2. The number of carbonyl (C=O) groups excluding carboxylic acids is 3. The number of terminal acetylenes is 1. The first-order valence-corrected chi connectivity index (χ1v) is 11.2. The third-order valence-corrected chi connectivity index (χ3v) is 6.08. The maximum Gasteiger partial charge on any atom is 0.253 e. The Balaban J connectivity index is 0.000000181. The van der Waals surface area contributed by atoms with Crippen LogP contribution in [-0.2, 0) is 4.79 Å². The molecule has 5 heteroatoms. The van der Waals surface area contributed by atoms with Crippen molar-refractivity contribution in [3.63, 3.8) is 0 Å². The number of aldehydes is 1. The van der Waals surface area contributed by atoms with Gasteiger partial charge in [0.2, 0.25) is 0 Å². The highest BCUT2D eigenvalue weighted by atomic mass is 16.2. The van der Waals surface area contributed by atoms with Crippen LogP contribution in [-0.4, -0.2) is 54.1 Å². The van der Waals surface area contributed by atoms with Crippen LogP contribution in [0.4, 0.5) is 0 Å². The molecule has 2 aliphatic rings. The van der Waals surface area contributed by atoms with Gasteiger partial charge >= 0.3 is 0 Å². The normalized spacial score (nSPS) is 17.0. The van der Waals surface area contributed by atoms with Crippen LogP contribution in [0.25, 0.3) is 0 Å². The van der Waals surface area contributed by atoms with Gasteiger partial charge in [-0.05, 0) is 49.9 Å². The van der Waals surface area contributed by atoms with E-state index >= 15 is 0 Å². The Morgan fingerprint density at radius 3 is 1.53 bits per heavy atom. The molecule has 2 aromatic rings. The molecular formula is C27H30N2O3. The molecule has 0 saturated carbocycles. The Bertz CT molecular complexity index is 920. The van der Waals surface area contributed by atoms with Crippen molar-refractivity contribution in [2.75, 3.05) is 26.2 Å². The molecule has 0 unspecified atom stereocenters. The van der Waals surface area contributed by atoms with Crippen LogP contribution < -0.4 is 0 Å². The average Bonchev–Trinajstić information content (AvgIpc) is 2.89. The number of rotatable bonds is 3. The Kier molecular flexibility index (Phi) is 8.62. The summed E-state index contributed by atoms with van der Waals surface area (Å²) in [7, 11) is 0. The van der Waals surface area contributed by atoms with Crippen LogP contribution in [0.2, 0.25) is 0 Å². The van der Waals surface area contributed by atoms with E-state index in [0.29, 0.717) is 19.0 Å². The molecule has 2 aromatic carbocycles. The Labute approximate surface area is 190 Å². The molecule has 32 heavy (non-hydrogen) atoms. The Morgan fingerprint density at radius 1 is 0.750 bits per heavy atom. The average molecular weight is 431 g/mol. The van der Waals surface area contributed by atoms with Crippen molar-refractivity contribution in [2.24, 2.45) is 11.8 Å². The smallest absolute Gasteiger partial charge is 0.253 e. The van der Waals surface area contributed by atoms with E-state index in [-0.39, 0.29) is 17.7 Å². The minimum Gasteiger partial charge on any atom is -0.339 e. The molecule has 0 bridgehead atoms. The van der Waals surface area contributed by atoms with E-state index in [2.05, 4.69) is 5.92 Å². The summed E-state index contributed by atoms with van der Waals surface area (Å²) in [6.07, 6.45) is 9.83. The summed E-state index contributed by atoms with van der Waals surface area (Å²) >= 11 is 0. The van der Waals surface area contributed by atoms with E-state index in [4.69, 9.17) is 6.42 Å². The second-order valence-corrected chi connectivity index (χ2v) is 8.23. The molecule has 5 nitrogen and oxygen atoms in total. The number of benzene rings is 2. The first-order valence-electron chi connectivity index (χ1n) is 11.2. The summed E-state index contributed by atoms with van der Waals surface area (Å²) in [5, 5.41) is 0. The van der Waals surface area contributed by atoms with Gasteiger partial charge in [-0.2, -0.15) is 0 Å². The lowest BCUT2D eigenvalue weighted by Crippen LogP contribution is -2.38. The largest absolute Gasteiger partial charge is 0.339 e. The standard InChI is InChI=1S/C14H15NO.C13H15NO2/c1-2-12-8-10-15(11-9-12)14(16)13-6-4-3-5-7-13;15-10-11-6-8-14(9-7-11)13(16)12-4-2-1-3-5-12/h1,3-7,12H,8-11H2;1-5,10-11H,6-9H2. The van der Waals surface area contributed by atoms with Crippen molar-refractivity contribution >= 4 is 18.1 Å². The molecule has 166 valence electrons. The zero-order valence-electron chi connectivity index (χ0n) is 18.4. The predicted octanol–water partition coefficient (Wildman–Crippen LogP) is 3.91. The molecule has 2 fully saturated rings. The third-order valence-electron chi connectivity index (χ3n) is 6.08. The number of nitrogens with zero attached hydrogens (tertiary/aromatic N) is 2. The lowest BCUT2D eigenvalue weighted by Gasteiger charge is -2.29. The van der Waals surface area contributed by atoms with Crippen molar-refractivity contribution in [2.45, 2.75) is 25.7 Å². The summed E-state index contributed by atoms with van der Waals surface area (Å²) in [6, 6.07) is 18.7. The van der Waals surface area contributed by atoms with Gasteiger partial charge in [-0.1, -0.05) is 36.4 Å². The molecule has 2 aliphatic heterocycles.